The molecule has 0 aliphatic heterocycles. The molecule has 0 aliphatic carbocycles. The first-order valence-corrected chi connectivity index (χ1v) is 11.3. The molecule has 0 unspecified atom stereocenters. The van der Waals surface area contributed by atoms with Crippen LogP contribution in [0.2, 0.25) is 5.02 Å². The van der Waals surface area contributed by atoms with Gasteiger partial charge in [0.25, 0.3) is 5.56 Å². The standard InChI is InChI=1S/C25H27ClN6O/c1-5-32-23-18(15-29-25(30-23)28-11-12-31(3)4)13-20(24(32)33)19-9-8-17(14-21(19)26)22-16(2)7-6-10-27-22/h6-10,13-15H,5,11-12H2,1-4H3,(H,28,29,30). The maximum Gasteiger partial charge on any atom is 0.260 e. The molecule has 1 N–H and O–H groups in total. The maximum atomic E-state index is 13.4. The first-order valence-electron chi connectivity index (χ1n) is 10.9. The van der Waals surface area contributed by atoms with Crippen LogP contribution < -0.4 is 10.9 Å². The highest BCUT2D eigenvalue weighted by Gasteiger charge is 2.16. The summed E-state index contributed by atoms with van der Waals surface area (Å²) in [5, 5.41) is 4.50. The van der Waals surface area contributed by atoms with Crippen LogP contribution in [0.5, 0.6) is 0 Å². The summed E-state index contributed by atoms with van der Waals surface area (Å²) < 4.78 is 1.66. The summed E-state index contributed by atoms with van der Waals surface area (Å²) in [5.74, 6) is 0.506. The second kappa shape index (κ2) is 9.68. The van der Waals surface area contributed by atoms with Gasteiger partial charge in [-0.3, -0.25) is 14.3 Å². The highest BCUT2D eigenvalue weighted by Crippen LogP contribution is 2.32. The number of nitrogens with one attached hydrogen (secondary N) is 1. The van der Waals surface area contributed by atoms with Gasteiger partial charge in [0.05, 0.1) is 5.69 Å². The van der Waals surface area contributed by atoms with Gasteiger partial charge in [0.2, 0.25) is 5.95 Å². The molecule has 4 aromatic rings. The van der Waals surface area contributed by atoms with Crippen LogP contribution in [-0.4, -0.2) is 51.6 Å². The molecule has 33 heavy (non-hydrogen) atoms. The van der Waals surface area contributed by atoms with Crippen LogP contribution >= 0.6 is 11.6 Å². The lowest BCUT2D eigenvalue weighted by molar-refractivity contribution is 0.425. The molecular formula is C25H27ClN6O. The van der Waals surface area contributed by atoms with Gasteiger partial charge in [-0.15, -0.1) is 0 Å². The van der Waals surface area contributed by atoms with Gasteiger partial charge in [-0.1, -0.05) is 29.8 Å². The number of rotatable bonds is 7. The number of aryl methyl sites for hydroxylation is 2. The topological polar surface area (TPSA) is 75.9 Å². The Bertz CT molecular complexity index is 1370. The Morgan fingerprint density at radius 2 is 1.94 bits per heavy atom. The lowest BCUT2D eigenvalue weighted by Gasteiger charge is -2.14. The number of anilines is 1. The van der Waals surface area contributed by atoms with Gasteiger partial charge < -0.3 is 10.2 Å². The van der Waals surface area contributed by atoms with Gasteiger partial charge in [-0.25, -0.2) is 4.98 Å². The van der Waals surface area contributed by atoms with Gasteiger partial charge in [-0.2, -0.15) is 4.98 Å². The van der Waals surface area contributed by atoms with Crippen LogP contribution in [0, 0.1) is 6.92 Å². The average molecular weight is 463 g/mol. The normalized spacial score (nSPS) is 11.3. The predicted molar refractivity (Wildman–Crippen MR) is 135 cm³/mol. The number of nitrogens with zero attached hydrogens (tertiary/aromatic N) is 5. The largest absolute Gasteiger partial charge is 0.353 e. The molecule has 0 saturated carbocycles. The molecule has 0 saturated heterocycles. The van der Waals surface area contributed by atoms with E-state index in [0.29, 0.717) is 40.8 Å². The minimum Gasteiger partial charge on any atom is -0.353 e. The van der Waals surface area contributed by atoms with E-state index >= 15 is 0 Å². The zero-order chi connectivity index (χ0) is 23.5. The molecule has 0 spiro atoms. The number of pyridine rings is 2. The van der Waals surface area contributed by atoms with Crippen molar-refractivity contribution in [3.63, 3.8) is 0 Å². The summed E-state index contributed by atoms with van der Waals surface area (Å²) in [6.45, 7) is 6.00. The lowest BCUT2D eigenvalue weighted by atomic mass is 10.0. The summed E-state index contributed by atoms with van der Waals surface area (Å²) in [6.07, 6.45) is 3.51. The van der Waals surface area contributed by atoms with E-state index in [9.17, 15) is 4.79 Å². The van der Waals surface area contributed by atoms with E-state index in [1.807, 2.05) is 64.3 Å². The fraction of sp³-hybridized carbons (Fsp3) is 0.280. The maximum absolute atomic E-state index is 13.4. The molecule has 0 aliphatic rings. The molecular weight excluding hydrogens is 436 g/mol. The van der Waals surface area contributed by atoms with E-state index in [-0.39, 0.29) is 5.56 Å². The molecule has 3 aromatic heterocycles. The van der Waals surface area contributed by atoms with E-state index in [0.717, 1.165) is 28.8 Å². The van der Waals surface area contributed by atoms with Crippen LogP contribution in [0.3, 0.4) is 0 Å². The van der Waals surface area contributed by atoms with Gasteiger partial charge in [0.15, 0.2) is 0 Å². The SMILES string of the molecule is CCn1c(=O)c(-c2ccc(-c3ncccc3C)cc2Cl)cc2cnc(NCCN(C)C)nc21. The Kier molecular flexibility index (Phi) is 6.72. The van der Waals surface area contributed by atoms with Crippen LogP contribution in [0.25, 0.3) is 33.4 Å². The Morgan fingerprint density at radius 3 is 2.64 bits per heavy atom. The van der Waals surface area contributed by atoms with Gasteiger partial charge >= 0.3 is 0 Å². The van der Waals surface area contributed by atoms with Crippen molar-refractivity contribution < 1.29 is 0 Å². The summed E-state index contributed by atoms with van der Waals surface area (Å²) in [7, 11) is 4.02. The smallest absolute Gasteiger partial charge is 0.260 e. The number of fused-ring (bicyclic) bond motifs is 1. The first kappa shape index (κ1) is 22.9. The Balaban J connectivity index is 1.76. The zero-order valence-corrected chi connectivity index (χ0v) is 20.0. The zero-order valence-electron chi connectivity index (χ0n) is 19.3. The predicted octanol–water partition coefficient (Wildman–Crippen LogP) is 4.48. The second-order valence-corrected chi connectivity index (χ2v) is 8.58. The van der Waals surface area contributed by atoms with Crippen LogP contribution in [0.15, 0.2) is 53.6 Å². The highest BCUT2D eigenvalue weighted by atomic mass is 35.5. The van der Waals surface area contributed by atoms with Gasteiger partial charge in [0.1, 0.15) is 5.65 Å². The van der Waals surface area contributed by atoms with E-state index in [1.54, 1.807) is 17.0 Å². The molecule has 7 nitrogen and oxygen atoms in total. The van der Waals surface area contributed by atoms with Gasteiger partial charge in [0, 0.05) is 59.1 Å². The number of aromatic nitrogens is 4. The van der Waals surface area contributed by atoms with E-state index in [4.69, 9.17) is 11.6 Å². The summed E-state index contributed by atoms with van der Waals surface area (Å²) in [6, 6.07) is 11.4. The van der Waals surface area contributed by atoms with Crippen molar-refractivity contribution in [1.29, 1.82) is 0 Å². The molecule has 0 radical (unpaired) electrons. The number of hydrogen-bond donors (Lipinski definition) is 1. The molecule has 0 fully saturated rings. The number of benzene rings is 1. The monoisotopic (exact) mass is 462 g/mol. The molecule has 170 valence electrons. The highest BCUT2D eigenvalue weighted by molar-refractivity contribution is 6.33. The number of hydrogen-bond acceptors (Lipinski definition) is 6. The van der Waals surface area contributed by atoms with Crippen molar-refractivity contribution in [2.75, 3.05) is 32.5 Å². The molecule has 3 heterocycles. The number of halogens is 1. The Labute approximate surface area is 198 Å². The van der Waals surface area contributed by atoms with Crippen molar-refractivity contribution in [2.45, 2.75) is 20.4 Å². The third-order valence-corrected chi connectivity index (χ3v) is 5.84. The molecule has 8 heteroatoms. The molecule has 1 aromatic carbocycles. The van der Waals surface area contributed by atoms with Crippen LogP contribution in [0.1, 0.15) is 12.5 Å². The van der Waals surface area contributed by atoms with Crippen molar-refractivity contribution in [3.8, 4) is 22.4 Å². The minimum absolute atomic E-state index is 0.133. The van der Waals surface area contributed by atoms with E-state index < -0.39 is 0 Å². The van der Waals surface area contributed by atoms with Gasteiger partial charge in [-0.05, 0) is 51.7 Å². The van der Waals surface area contributed by atoms with Crippen LogP contribution in [0.4, 0.5) is 5.95 Å². The Hall–Kier alpha value is -3.29. The van der Waals surface area contributed by atoms with Crippen molar-refractivity contribution in [1.82, 2.24) is 24.4 Å². The minimum atomic E-state index is -0.133. The molecule has 0 atom stereocenters. The van der Waals surface area contributed by atoms with E-state index in [1.165, 1.54) is 0 Å². The summed E-state index contributed by atoms with van der Waals surface area (Å²) in [5.41, 5.74) is 4.52. The first-order chi connectivity index (χ1) is 15.9. The quantitative estimate of drug-likeness (QED) is 0.436. The third kappa shape index (κ3) is 4.74. The van der Waals surface area contributed by atoms with Crippen molar-refractivity contribution >= 4 is 28.6 Å². The molecule has 0 bridgehead atoms. The van der Waals surface area contributed by atoms with E-state index in [2.05, 4.69) is 25.2 Å². The van der Waals surface area contributed by atoms with Crippen LogP contribution in [-0.2, 0) is 6.54 Å². The molecule has 0 amide bonds. The average Bonchev–Trinajstić information content (AvgIpc) is 2.79. The fourth-order valence-electron chi connectivity index (χ4n) is 3.79. The molecule has 4 rings (SSSR count). The second-order valence-electron chi connectivity index (χ2n) is 8.17. The third-order valence-electron chi connectivity index (χ3n) is 5.53. The van der Waals surface area contributed by atoms with Crippen molar-refractivity contribution in [2.24, 2.45) is 0 Å². The van der Waals surface area contributed by atoms with Crippen molar-refractivity contribution in [3.05, 3.63) is 69.7 Å². The fourth-order valence-corrected chi connectivity index (χ4v) is 4.07. The Morgan fingerprint density at radius 1 is 1.12 bits per heavy atom. The lowest BCUT2D eigenvalue weighted by Crippen LogP contribution is -2.24. The summed E-state index contributed by atoms with van der Waals surface area (Å²) >= 11 is 6.67. The summed E-state index contributed by atoms with van der Waals surface area (Å²) in [4.78, 5) is 29.0. The number of likely N-dealkylation sites (N-methyl/N-ethyl adjacent to an activating group) is 1.